The molecule has 0 radical (unpaired) electrons. The number of rotatable bonds is 4. The fourth-order valence-electron chi connectivity index (χ4n) is 3.25. The van der Waals surface area contributed by atoms with Crippen molar-refractivity contribution in [2.45, 2.75) is 31.3 Å². The average Bonchev–Trinajstić information content (AvgIpc) is 2.48. The van der Waals surface area contributed by atoms with Crippen molar-refractivity contribution in [1.82, 2.24) is 10.2 Å². The highest BCUT2D eigenvalue weighted by molar-refractivity contribution is 5.86. The van der Waals surface area contributed by atoms with E-state index in [2.05, 4.69) is 5.32 Å². The minimum atomic E-state index is -0.597. The lowest BCUT2D eigenvalue weighted by Gasteiger charge is -2.41. The van der Waals surface area contributed by atoms with Gasteiger partial charge in [-0.15, -0.1) is 12.4 Å². The van der Waals surface area contributed by atoms with Crippen LogP contribution in [0.15, 0.2) is 0 Å². The SMILES string of the molecule is COCC1CCCN(C(=O)C2(OC)CCNCC2)C1.Cl. The van der Waals surface area contributed by atoms with Crippen LogP contribution in [-0.2, 0) is 14.3 Å². The summed E-state index contributed by atoms with van der Waals surface area (Å²) in [6.07, 6.45) is 3.76. The van der Waals surface area contributed by atoms with Gasteiger partial charge in [0.05, 0.1) is 6.61 Å². The van der Waals surface area contributed by atoms with Gasteiger partial charge in [-0.3, -0.25) is 4.79 Å². The molecular formula is C14H27ClN2O3. The predicted octanol–water partition coefficient (Wildman–Crippen LogP) is 1.06. The molecule has 2 aliphatic rings. The maximum Gasteiger partial charge on any atom is 0.254 e. The van der Waals surface area contributed by atoms with Gasteiger partial charge in [0.25, 0.3) is 5.91 Å². The number of hydrogen-bond acceptors (Lipinski definition) is 4. The first-order chi connectivity index (χ1) is 9.22. The average molecular weight is 307 g/mol. The Morgan fingerprint density at radius 3 is 2.65 bits per heavy atom. The summed E-state index contributed by atoms with van der Waals surface area (Å²) < 4.78 is 10.9. The van der Waals surface area contributed by atoms with Crippen LogP contribution >= 0.6 is 12.4 Å². The molecule has 0 aromatic carbocycles. The minimum absolute atomic E-state index is 0. The molecule has 0 aliphatic carbocycles. The third-order valence-corrected chi connectivity index (χ3v) is 4.40. The van der Waals surface area contributed by atoms with Crippen LogP contribution in [-0.4, -0.2) is 63.4 Å². The summed E-state index contributed by atoms with van der Waals surface area (Å²) >= 11 is 0. The molecule has 1 amide bonds. The molecule has 6 heteroatoms. The van der Waals surface area contributed by atoms with Gasteiger partial charge in [-0.2, -0.15) is 0 Å². The van der Waals surface area contributed by atoms with E-state index in [4.69, 9.17) is 9.47 Å². The topological polar surface area (TPSA) is 50.8 Å². The number of ether oxygens (including phenoxy) is 2. The van der Waals surface area contributed by atoms with Gasteiger partial charge >= 0.3 is 0 Å². The van der Waals surface area contributed by atoms with E-state index in [0.29, 0.717) is 5.92 Å². The molecule has 20 heavy (non-hydrogen) atoms. The Morgan fingerprint density at radius 1 is 1.35 bits per heavy atom. The Hall–Kier alpha value is -0.360. The highest BCUT2D eigenvalue weighted by atomic mass is 35.5. The number of carbonyl (C=O) groups excluding carboxylic acids is 1. The quantitative estimate of drug-likeness (QED) is 0.844. The van der Waals surface area contributed by atoms with Crippen molar-refractivity contribution < 1.29 is 14.3 Å². The van der Waals surface area contributed by atoms with Gasteiger partial charge in [-0.05, 0) is 44.7 Å². The Labute approximate surface area is 127 Å². The van der Waals surface area contributed by atoms with Gasteiger partial charge in [0.15, 0.2) is 0 Å². The molecule has 0 bridgehead atoms. The number of hydrogen-bond donors (Lipinski definition) is 1. The zero-order valence-corrected chi connectivity index (χ0v) is 13.3. The van der Waals surface area contributed by atoms with Crippen molar-refractivity contribution in [2.75, 3.05) is 47.0 Å². The Kier molecular flexibility index (Phi) is 7.23. The van der Waals surface area contributed by atoms with Crippen LogP contribution in [0.2, 0.25) is 0 Å². The second-order valence-corrected chi connectivity index (χ2v) is 5.66. The molecular weight excluding hydrogens is 280 g/mol. The summed E-state index contributed by atoms with van der Waals surface area (Å²) in [5.74, 6) is 0.649. The molecule has 0 spiro atoms. The molecule has 2 aliphatic heterocycles. The molecule has 2 fully saturated rings. The van der Waals surface area contributed by atoms with Crippen LogP contribution in [0.4, 0.5) is 0 Å². The fraction of sp³-hybridized carbons (Fsp3) is 0.929. The molecule has 0 aromatic heterocycles. The van der Waals surface area contributed by atoms with E-state index in [0.717, 1.165) is 58.5 Å². The first-order valence-corrected chi connectivity index (χ1v) is 7.26. The van der Waals surface area contributed by atoms with E-state index in [9.17, 15) is 4.79 Å². The van der Waals surface area contributed by atoms with Crippen molar-refractivity contribution in [3.05, 3.63) is 0 Å². The molecule has 2 heterocycles. The predicted molar refractivity (Wildman–Crippen MR) is 80.3 cm³/mol. The molecule has 2 rings (SSSR count). The number of piperidine rings is 2. The van der Waals surface area contributed by atoms with Crippen LogP contribution in [0.1, 0.15) is 25.7 Å². The molecule has 5 nitrogen and oxygen atoms in total. The standard InChI is InChI=1S/C14H26N2O3.ClH/c1-18-11-12-4-3-9-16(10-12)13(17)14(19-2)5-7-15-8-6-14;/h12,15H,3-11H2,1-2H3;1H. The van der Waals surface area contributed by atoms with Crippen molar-refractivity contribution in [3.63, 3.8) is 0 Å². The van der Waals surface area contributed by atoms with Gasteiger partial charge < -0.3 is 19.7 Å². The molecule has 1 unspecified atom stereocenters. The maximum atomic E-state index is 12.8. The van der Waals surface area contributed by atoms with Gasteiger partial charge in [0, 0.05) is 27.3 Å². The lowest BCUT2D eigenvalue weighted by Crippen LogP contribution is -2.57. The van der Waals surface area contributed by atoms with Crippen molar-refractivity contribution in [2.24, 2.45) is 5.92 Å². The summed E-state index contributed by atoms with van der Waals surface area (Å²) in [5, 5.41) is 3.29. The van der Waals surface area contributed by atoms with E-state index in [1.807, 2.05) is 4.90 Å². The van der Waals surface area contributed by atoms with E-state index in [1.165, 1.54) is 0 Å². The lowest BCUT2D eigenvalue weighted by molar-refractivity contribution is -0.160. The summed E-state index contributed by atoms with van der Waals surface area (Å²) in [7, 11) is 3.39. The first-order valence-electron chi connectivity index (χ1n) is 7.26. The second-order valence-electron chi connectivity index (χ2n) is 5.66. The van der Waals surface area contributed by atoms with Crippen LogP contribution in [0.25, 0.3) is 0 Å². The van der Waals surface area contributed by atoms with Crippen LogP contribution in [0.3, 0.4) is 0 Å². The molecule has 0 aromatic rings. The Morgan fingerprint density at radius 2 is 2.05 bits per heavy atom. The van der Waals surface area contributed by atoms with Gasteiger partial charge in [-0.1, -0.05) is 0 Å². The number of halogens is 1. The van der Waals surface area contributed by atoms with Gasteiger partial charge in [-0.25, -0.2) is 0 Å². The first kappa shape index (κ1) is 17.7. The van der Waals surface area contributed by atoms with E-state index >= 15 is 0 Å². The van der Waals surface area contributed by atoms with Crippen molar-refractivity contribution in [3.8, 4) is 0 Å². The Bertz CT molecular complexity index is 307. The summed E-state index contributed by atoms with van der Waals surface area (Å²) in [4.78, 5) is 14.8. The van der Waals surface area contributed by atoms with Gasteiger partial charge in [0.1, 0.15) is 5.60 Å². The zero-order valence-electron chi connectivity index (χ0n) is 12.5. The van der Waals surface area contributed by atoms with E-state index < -0.39 is 5.60 Å². The molecule has 2 saturated heterocycles. The van der Waals surface area contributed by atoms with E-state index in [1.54, 1.807) is 14.2 Å². The molecule has 1 atom stereocenters. The van der Waals surface area contributed by atoms with Crippen molar-refractivity contribution in [1.29, 1.82) is 0 Å². The van der Waals surface area contributed by atoms with Crippen molar-refractivity contribution >= 4 is 18.3 Å². The van der Waals surface area contributed by atoms with Crippen LogP contribution in [0.5, 0.6) is 0 Å². The number of nitrogens with zero attached hydrogens (tertiary/aromatic N) is 1. The van der Waals surface area contributed by atoms with Crippen LogP contribution in [0, 0.1) is 5.92 Å². The maximum absolute atomic E-state index is 12.8. The third-order valence-electron chi connectivity index (χ3n) is 4.40. The second kappa shape index (κ2) is 8.17. The summed E-state index contributed by atoms with van der Waals surface area (Å²) in [6.45, 7) is 4.12. The highest BCUT2D eigenvalue weighted by Crippen LogP contribution is 2.28. The normalized spacial score (nSPS) is 25.9. The monoisotopic (exact) mass is 306 g/mol. The number of carbonyl (C=O) groups is 1. The minimum Gasteiger partial charge on any atom is -0.384 e. The third kappa shape index (κ3) is 3.85. The molecule has 1 N–H and O–H groups in total. The smallest absolute Gasteiger partial charge is 0.254 e. The number of methoxy groups -OCH3 is 2. The largest absolute Gasteiger partial charge is 0.384 e. The summed E-state index contributed by atoms with van der Waals surface area (Å²) in [6, 6.07) is 0. The zero-order chi connectivity index (χ0) is 13.7. The van der Waals surface area contributed by atoms with E-state index in [-0.39, 0.29) is 18.3 Å². The number of likely N-dealkylation sites (tertiary alicyclic amines) is 1. The van der Waals surface area contributed by atoms with Gasteiger partial charge in [0.2, 0.25) is 0 Å². The number of nitrogens with one attached hydrogen (secondary N) is 1. The molecule has 118 valence electrons. The Balaban J connectivity index is 0.00000200. The molecule has 0 saturated carbocycles. The summed E-state index contributed by atoms with van der Waals surface area (Å²) in [5.41, 5.74) is -0.597. The highest BCUT2D eigenvalue weighted by Gasteiger charge is 2.43. The fourth-order valence-corrected chi connectivity index (χ4v) is 3.25. The lowest BCUT2D eigenvalue weighted by atomic mass is 9.88. The van der Waals surface area contributed by atoms with Crippen LogP contribution < -0.4 is 5.32 Å². The number of amides is 1.